The topological polar surface area (TPSA) is 25.2 Å². The first-order valence-electron chi connectivity index (χ1n) is 5.56. The monoisotopic (exact) mass is 237 g/mol. The molecule has 2 nitrogen and oxygen atoms in total. The summed E-state index contributed by atoms with van der Waals surface area (Å²) in [6, 6.07) is 4.12. The molecule has 0 unspecified atom stereocenters. The molecule has 2 rings (SSSR count). The van der Waals surface area contributed by atoms with Gasteiger partial charge in [-0.3, -0.25) is 0 Å². The van der Waals surface area contributed by atoms with Crippen LogP contribution in [0, 0.1) is 6.92 Å². The van der Waals surface area contributed by atoms with Gasteiger partial charge in [0.2, 0.25) is 0 Å². The van der Waals surface area contributed by atoms with Gasteiger partial charge >= 0.3 is 0 Å². The second kappa shape index (κ2) is 4.48. The third kappa shape index (κ3) is 1.83. The zero-order valence-corrected chi connectivity index (χ0v) is 10.4. The minimum Gasteiger partial charge on any atom is -0.395 e. The van der Waals surface area contributed by atoms with Crippen molar-refractivity contribution in [2.24, 2.45) is 0 Å². The smallest absolute Gasteiger partial charge is 0.0610 e. The quantitative estimate of drug-likeness (QED) is 0.872. The van der Waals surface area contributed by atoms with E-state index in [9.17, 15) is 0 Å². The van der Waals surface area contributed by atoms with Gasteiger partial charge < -0.3 is 9.67 Å². The Morgan fingerprint density at radius 3 is 2.75 bits per heavy atom. The zero-order valence-electron chi connectivity index (χ0n) is 9.63. The fraction of sp³-hybridized carbons (Fsp3) is 0.385. The lowest BCUT2D eigenvalue weighted by atomic mass is 10.1. The fourth-order valence-corrected chi connectivity index (χ4v) is 2.23. The van der Waals surface area contributed by atoms with Crippen molar-refractivity contribution in [3.8, 4) is 0 Å². The van der Waals surface area contributed by atoms with E-state index in [2.05, 4.69) is 23.8 Å². The molecule has 0 saturated heterocycles. The van der Waals surface area contributed by atoms with Crippen LogP contribution in [0.15, 0.2) is 18.3 Å². The van der Waals surface area contributed by atoms with Crippen molar-refractivity contribution in [3.63, 3.8) is 0 Å². The largest absolute Gasteiger partial charge is 0.395 e. The lowest BCUT2D eigenvalue weighted by molar-refractivity contribution is 0.278. The highest BCUT2D eigenvalue weighted by Crippen LogP contribution is 2.28. The highest BCUT2D eigenvalue weighted by Gasteiger charge is 2.09. The highest BCUT2D eigenvalue weighted by atomic mass is 35.5. The van der Waals surface area contributed by atoms with E-state index < -0.39 is 0 Å². The number of hydrogen-bond donors (Lipinski definition) is 1. The number of halogens is 1. The van der Waals surface area contributed by atoms with Crippen LogP contribution in [0.5, 0.6) is 0 Å². The van der Waals surface area contributed by atoms with Crippen LogP contribution >= 0.6 is 11.6 Å². The summed E-state index contributed by atoms with van der Waals surface area (Å²) in [6.45, 7) is 4.93. The molecule has 2 aromatic rings. The van der Waals surface area contributed by atoms with E-state index >= 15 is 0 Å². The molecule has 86 valence electrons. The molecule has 0 amide bonds. The maximum absolute atomic E-state index is 9.03. The van der Waals surface area contributed by atoms with E-state index in [1.54, 1.807) is 0 Å². The van der Waals surface area contributed by atoms with Crippen LogP contribution in [0.3, 0.4) is 0 Å². The maximum Gasteiger partial charge on any atom is 0.0610 e. The van der Waals surface area contributed by atoms with Crippen LogP contribution in [0.25, 0.3) is 10.9 Å². The van der Waals surface area contributed by atoms with Gasteiger partial charge in [0.15, 0.2) is 0 Å². The molecule has 1 heterocycles. The molecule has 0 saturated carbocycles. The van der Waals surface area contributed by atoms with Crippen molar-refractivity contribution < 1.29 is 5.11 Å². The minimum atomic E-state index is 0.151. The first-order chi connectivity index (χ1) is 7.67. The molecule has 1 aromatic heterocycles. The standard InChI is InChI=1S/C13H16ClNO/c1-3-10-8-15(4-5-16)13-7-12(14)9(2)6-11(10)13/h6-8,16H,3-5H2,1-2H3. The van der Waals surface area contributed by atoms with Gasteiger partial charge in [-0.2, -0.15) is 0 Å². The normalized spacial score (nSPS) is 11.2. The molecule has 16 heavy (non-hydrogen) atoms. The van der Waals surface area contributed by atoms with Crippen LogP contribution in [0.1, 0.15) is 18.1 Å². The Morgan fingerprint density at radius 2 is 2.12 bits per heavy atom. The number of aliphatic hydroxyl groups excluding tert-OH is 1. The number of benzene rings is 1. The van der Waals surface area contributed by atoms with Gasteiger partial charge in [0.25, 0.3) is 0 Å². The van der Waals surface area contributed by atoms with Gasteiger partial charge in [0, 0.05) is 28.7 Å². The van der Waals surface area contributed by atoms with Gasteiger partial charge in [0.1, 0.15) is 0 Å². The predicted molar refractivity (Wildman–Crippen MR) is 68.1 cm³/mol. The molecule has 0 bridgehead atoms. The van der Waals surface area contributed by atoms with E-state index in [4.69, 9.17) is 16.7 Å². The second-order valence-electron chi connectivity index (χ2n) is 4.04. The SMILES string of the molecule is CCc1cn(CCO)c2cc(Cl)c(C)cc12. The molecule has 1 aromatic carbocycles. The number of nitrogens with zero attached hydrogens (tertiary/aromatic N) is 1. The van der Waals surface area contributed by atoms with Gasteiger partial charge in [-0.1, -0.05) is 18.5 Å². The molecule has 0 fully saturated rings. The Balaban J connectivity index is 2.69. The van der Waals surface area contributed by atoms with E-state index in [0.717, 1.165) is 22.5 Å². The van der Waals surface area contributed by atoms with E-state index in [-0.39, 0.29) is 6.61 Å². The third-order valence-electron chi connectivity index (χ3n) is 2.97. The van der Waals surface area contributed by atoms with Crippen molar-refractivity contribution in [1.29, 1.82) is 0 Å². The second-order valence-corrected chi connectivity index (χ2v) is 4.45. The Morgan fingerprint density at radius 1 is 1.38 bits per heavy atom. The predicted octanol–water partition coefficient (Wildman–Crippen LogP) is 3.16. The fourth-order valence-electron chi connectivity index (χ4n) is 2.07. The molecule has 1 N–H and O–H groups in total. The van der Waals surface area contributed by atoms with E-state index in [0.29, 0.717) is 6.54 Å². The van der Waals surface area contributed by atoms with Crippen LogP contribution in [-0.4, -0.2) is 16.3 Å². The molecule has 0 aliphatic carbocycles. The van der Waals surface area contributed by atoms with Crippen molar-refractivity contribution in [2.45, 2.75) is 26.8 Å². The lowest BCUT2D eigenvalue weighted by Gasteiger charge is -2.04. The summed E-state index contributed by atoms with van der Waals surface area (Å²) < 4.78 is 2.07. The Hall–Kier alpha value is -0.990. The van der Waals surface area contributed by atoms with E-state index in [1.807, 2.05) is 13.0 Å². The van der Waals surface area contributed by atoms with Gasteiger partial charge in [-0.15, -0.1) is 0 Å². The van der Waals surface area contributed by atoms with Crippen molar-refractivity contribution in [3.05, 3.63) is 34.5 Å². The molecular formula is C13H16ClNO. The Bertz CT molecular complexity index is 516. The molecule has 0 aliphatic heterocycles. The molecule has 0 atom stereocenters. The van der Waals surface area contributed by atoms with Crippen molar-refractivity contribution in [1.82, 2.24) is 4.57 Å². The van der Waals surface area contributed by atoms with Gasteiger partial charge in [-0.25, -0.2) is 0 Å². The van der Waals surface area contributed by atoms with Crippen molar-refractivity contribution in [2.75, 3.05) is 6.61 Å². The Labute approximate surface area is 100 Å². The Kier molecular flexibility index (Phi) is 3.22. The maximum atomic E-state index is 9.03. The summed E-state index contributed by atoms with van der Waals surface area (Å²) in [5, 5.41) is 11.1. The minimum absolute atomic E-state index is 0.151. The summed E-state index contributed by atoms with van der Waals surface area (Å²) in [5.41, 5.74) is 3.52. The highest BCUT2D eigenvalue weighted by molar-refractivity contribution is 6.32. The summed E-state index contributed by atoms with van der Waals surface area (Å²) in [6.07, 6.45) is 3.10. The third-order valence-corrected chi connectivity index (χ3v) is 3.37. The summed E-state index contributed by atoms with van der Waals surface area (Å²) in [5.74, 6) is 0. The van der Waals surface area contributed by atoms with Gasteiger partial charge in [0.05, 0.1) is 6.61 Å². The molecular weight excluding hydrogens is 222 g/mol. The average molecular weight is 238 g/mol. The first kappa shape index (κ1) is 11.5. The zero-order chi connectivity index (χ0) is 11.7. The van der Waals surface area contributed by atoms with Crippen LogP contribution in [0.4, 0.5) is 0 Å². The molecule has 3 heteroatoms. The molecule has 0 spiro atoms. The number of fused-ring (bicyclic) bond motifs is 1. The molecule has 0 radical (unpaired) electrons. The number of aromatic nitrogens is 1. The summed E-state index contributed by atoms with van der Waals surface area (Å²) >= 11 is 6.14. The van der Waals surface area contributed by atoms with E-state index in [1.165, 1.54) is 10.9 Å². The summed E-state index contributed by atoms with van der Waals surface area (Å²) in [4.78, 5) is 0. The molecule has 0 aliphatic rings. The number of rotatable bonds is 3. The van der Waals surface area contributed by atoms with Crippen LogP contribution in [-0.2, 0) is 13.0 Å². The van der Waals surface area contributed by atoms with Crippen LogP contribution < -0.4 is 0 Å². The van der Waals surface area contributed by atoms with Crippen molar-refractivity contribution >= 4 is 22.5 Å². The summed E-state index contributed by atoms with van der Waals surface area (Å²) in [7, 11) is 0. The number of hydrogen-bond acceptors (Lipinski definition) is 1. The average Bonchev–Trinajstić information content (AvgIpc) is 2.58. The lowest BCUT2D eigenvalue weighted by Crippen LogP contribution is -1.99. The van der Waals surface area contributed by atoms with Crippen LogP contribution in [0.2, 0.25) is 5.02 Å². The number of aryl methyl sites for hydroxylation is 2. The first-order valence-corrected chi connectivity index (χ1v) is 5.94. The van der Waals surface area contributed by atoms with Gasteiger partial charge in [-0.05, 0) is 36.6 Å². The number of aliphatic hydroxyl groups is 1.